The van der Waals surface area contributed by atoms with Crippen LogP contribution in [0.1, 0.15) is 12.8 Å². The molecule has 0 saturated heterocycles. The van der Waals surface area contributed by atoms with Gasteiger partial charge in [-0.3, -0.25) is 0 Å². The predicted molar refractivity (Wildman–Crippen MR) is 71.7 cm³/mol. The molecule has 0 spiro atoms. The molecule has 0 aromatic heterocycles. The molecule has 0 radical (unpaired) electrons. The van der Waals surface area contributed by atoms with Crippen molar-refractivity contribution in [2.24, 2.45) is 5.92 Å². The summed E-state index contributed by atoms with van der Waals surface area (Å²) in [5.41, 5.74) is 0. The Morgan fingerprint density at radius 1 is 1.57 bits per heavy atom. The van der Waals surface area contributed by atoms with E-state index >= 15 is 0 Å². The Morgan fingerprint density at radius 3 is 2.36 bits per heavy atom. The molecule has 0 aromatic carbocycles. The zero-order valence-electron chi connectivity index (χ0n) is 9.02. The molecule has 0 aliphatic heterocycles. The molecule has 14 heavy (non-hydrogen) atoms. The van der Waals surface area contributed by atoms with Gasteiger partial charge in [-0.2, -0.15) is 0 Å². The van der Waals surface area contributed by atoms with Crippen LogP contribution in [0.2, 0.25) is 19.6 Å². The molecule has 0 amide bonds. The summed E-state index contributed by atoms with van der Waals surface area (Å²) in [7, 11) is -1.43. The van der Waals surface area contributed by atoms with E-state index in [1.165, 1.54) is 0 Å². The summed E-state index contributed by atoms with van der Waals surface area (Å²) in [6.07, 6.45) is 4.39. The largest absolute Gasteiger partial charge is 0.414 e. The van der Waals surface area contributed by atoms with Crippen molar-refractivity contribution in [2.45, 2.75) is 41.8 Å². The highest BCUT2D eigenvalue weighted by molar-refractivity contribution is 9.25. The lowest BCUT2D eigenvalue weighted by Crippen LogP contribution is -2.33. The lowest BCUT2D eigenvalue weighted by atomic mass is 10.2. The van der Waals surface area contributed by atoms with E-state index in [-0.39, 0.29) is 3.23 Å². The molecule has 1 rings (SSSR count). The average molecular weight is 342 g/mol. The minimum absolute atomic E-state index is 0.132. The molecule has 0 N–H and O–H groups in total. The standard InChI is InChI=1S/C10H18Br2OSi/c1-5-6-9(13-14(2,3)4)8-7-10(8,11)12/h5,8-9H,1,6-7H2,2-4H3. The molecule has 1 aliphatic carbocycles. The molecule has 1 saturated carbocycles. The number of hydrogen-bond donors (Lipinski definition) is 0. The van der Waals surface area contributed by atoms with Crippen LogP contribution < -0.4 is 0 Å². The fourth-order valence-corrected chi connectivity index (χ4v) is 4.01. The van der Waals surface area contributed by atoms with Crippen LogP contribution in [0.5, 0.6) is 0 Å². The van der Waals surface area contributed by atoms with Crippen molar-refractivity contribution in [1.29, 1.82) is 0 Å². The van der Waals surface area contributed by atoms with Gasteiger partial charge in [-0.15, -0.1) is 6.58 Å². The summed E-state index contributed by atoms with van der Waals surface area (Å²) < 4.78 is 6.28. The third-order valence-corrected chi connectivity index (χ3v) is 5.06. The summed E-state index contributed by atoms with van der Waals surface area (Å²) in [4.78, 5) is 0. The molecule has 0 heterocycles. The van der Waals surface area contributed by atoms with E-state index in [4.69, 9.17) is 4.43 Å². The van der Waals surface area contributed by atoms with Gasteiger partial charge in [0.25, 0.3) is 0 Å². The van der Waals surface area contributed by atoms with Crippen molar-refractivity contribution in [2.75, 3.05) is 0 Å². The molecule has 82 valence electrons. The van der Waals surface area contributed by atoms with E-state index in [1.807, 2.05) is 6.08 Å². The van der Waals surface area contributed by atoms with Crippen LogP contribution in [0, 0.1) is 5.92 Å². The Bertz CT molecular complexity index is 223. The van der Waals surface area contributed by atoms with Crippen molar-refractivity contribution in [1.82, 2.24) is 0 Å². The van der Waals surface area contributed by atoms with Crippen LogP contribution in [0.15, 0.2) is 12.7 Å². The molecule has 1 fully saturated rings. The highest BCUT2D eigenvalue weighted by Gasteiger charge is 2.54. The first-order valence-electron chi connectivity index (χ1n) is 4.93. The fraction of sp³-hybridized carbons (Fsp3) is 0.800. The van der Waals surface area contributed by atoms with Gasteiger partial charge in [0.2, 0.25) is 0 Å². The molecule has 1 nitrogen and oxygen atoms in total. The van der Waals surface area contributed by atoms with Crippen molar-refractivity contribution >= 4 is 40.2 Å². The summed E-state index contributed by atoms with van der Waals surface area (Å²) >= 11 is 7.30. The van der Waals surface area contributed by atoms with Gasteiger partial charge in [0.05, 0.1) is 9.34 Å². The summed E-state index contributed by atoms with van der Waals surface area (Å²) in [5, 5.41) is 0. The van der Waals surface area contributed by atoms with Crippen LogP contribution in [0.3, 0.4) is 0 Å². The first kappa shape index (κ1) is 12.9. The van der Waals surface area contributed by atoms with Gasteiger partial charge in [-0.25, -0.2) is 0 Å². The molecule has 2 unspecified atom stereocenters. The molecular formula is C10H18Br2OSi. The van der Waals surface area contributed by atoms with E-state index in [9.17, 15) is 0 Å². The molecular weight excluding hydrogens is 324 g/mol. The summed E-state index contributed by atoms with van der Waals surface area (Å²) in [6.45, 7) is 10.5. The highest BCUT2D eigenvalue weighted by atomic mass is 79.9. The lowest BCUT2D eigenvalue weighted by Gasteiger charge is -2.26. The van der Waals surface area contributed by atoms with Gasteiger partial charge in [0.1, 0.15) is 0 Å². The highest BCUT2D eigenvalue weighted by Crippen LogP contribution is 2.59. The molecule has 1 aliphatic rings. The minimum Gasteiger partial charge on any atom is -0.414 e. The van der Waals surface area contributed by atoms with Crippen molar-refractivity contribution in [3.63, 3.8) is 0 Å². The SMILES string of the molecule is C=CCC(O[Si](C)(C)C)C1CC1(Br)Br. The minimum atomic E-state index is -1.43. The van der Waals surface area contributed by atoms with Crippen LogP contribution >= 0.6 is 31.9 Å². The second-order valence-electron chi connectivity index (χ2n) is 4.86. The van der Waals surface area contributed by atoms with E-state index < -0.39 is 8.32 Å². The van der Waals surface area contributed by atoms with Gasteiger partial charge in [-0.05, 0) is 32.5 Å². The Hall–Kier alpha value is 0.877. The van der Waals surface area contributed by atoms with Crippen molar-refractivity contribution in [3.8, 4) is 0 Å². The summed E-state index contributed by atoms with van der Waals surface area (Å²) in [5.74, 6) is 0.590. The Kier molecular flexibility index (Phi) is 4.07. The first-order chi connectivity index (χ1) is 6.26. The monoisotopic (exact) mass is 340 g/mol. The Labute approximate surface area is 105 Å². The average Bonchev–Trinajstić information content (AvgIpc) is 2.56. The normalized spacial score (nSPS) is 27.1. The van der Waals surface area contributed by atoms with Crippen molar-refractivity contribution < 1.29 is 4.43 Å². The topological polar surface area (TPSA) is 9.23 Å². The Morgan fingerprint density at radius 2 is 2.07 bits per heavy atom. The van der Waals surface area contributed by atoms with E-state index in [1.54, 1.807) is 0 Å². The zero-order chi connectivity index (χ0) is 11.0. The van der Waals surface area contributed by atoms with Crippen molar-refractivity contribution in [3.05, 3.63) is 12.7 Å². The van der Waals surface area contributed by atoms with E-state index in [0.29, 0.717) is 12.0 Å². The number of hydrogen-bond acceptors (Lipinski definition) is 1. The number of rotatable bonds is 5. The van der Waals surface area contributed by atoms with Gasteiger partial charge < -0.3 is 4.43 Å². The van der Waals surface area contributed by atoms with Gasteiger partial charge in [0, 0.05) is 5.92 Å². The third kappa shape index (κ3) is 3.80. The fourth-order valence-electron chi connectivity index (χ4n) is 1.55. The number of halogens is 2. The van der Waals surface area contributed by atoms with Gasteiger partial charge in [0.15, 0.2) is 8.32 Å². The van der Waals surface area contributed by atoms with E-state index in [2.05, 4.69) is 58.1 Å². The second kappa shape index (κ2) is 4.40. The van der Waals surface area contributed by atoms with E-state index in [0.717, 1.165) is 12.8 Å². The predicted octanol–water partition coefficient (Wildman–Crippen LogP) is 4.29. The Balaban J connectivity index is 2.53. The quantitative estimate of drug-likeness (QED) is 0.412. The maximum absolute atomic E-state index is 6.15. The van der Waals surface area contributed by atoms with Crippen LogP contribution in [0.4, 0.5) is 0 Å². The lowest BCUT2D eigenvalue weighted by molar-refractivity contribution is 0.174. The first-order valence-corrected chi connectivity index (χ1v) is 9.92. The maximum atomic E-state index is 6.15. The third-order valence-electron chi connectivity index (χ3n) is 2.23. The molecule has 4 heteroatoms. The van der Waals surface area contributed by atoms with Crippen LogP contribution in [0.25, 0.3) is 0 Å². The second-order valence-corrected chi connectivity index (χ2v) is 13.2. The summed E-state index contributed by atoms with van der Waals surface area (Å²) in [6, 6.07) is 0. The van der Waals surface area contributed by atoms with Gasteiger partial charge in [-0.1, -0.05) is 37.9 Å². The molecule has 2 atom stereocenters. The smallest absolute Gasteiger partial charge is 0.184 e. The van der Waals surface area contributed by atoms with Crippen LogP contribution in [-0.4, -0.2) is 17.7 Å². The number of alkyl halides is 2. The molecule has 0 aromatic rings. The van der Waals surface area contributed by atoms with Gasteiger partial charge >= 0.3 is 0 Å². The van der Waals surface area contributed by atoms with Crippen LogP contribution in [-0.2, 0) is 4.43 Å². The zero-order valence-corrected chi connectivity index (χ0v) is 13.2. The maximum Gasteiger partial charge on any atom is 0.184 e. The molecule has 0 bridgehead atoms.